The fourth-order valence-electron chi connectivity index (χ4n) is 3.05. The van der Waals surface area contributed by atoms with E-state index in [1.54, 1.807) is 24.2 Å². The van der Waals surface area contributed by atoms with Gasteiger partial charge in [-0.15, -0.1) is 22.7 Å². The third-order valence-electron chi connectivity index (χ3n) is 4.73. The first-order valence-electron chi connectivity index (χ1n) is 8.70. The van der Waals surface area contributed by atoms with E-state index in [1.165, 1.54) is 39.5 Å². The number of halogens is 3. The second kappa shape index (κ2) is 7.40. The number of thiophene rings is 1. The first-order valence-corrected chi connectivity index (χ1v) is 10.5. The lowest BCUT2D eigenvalue weighted by Crippen LogP contribution is -2.18. The molecule has 156 valence electrons. The highest BCUT2D eigenvalue weighted by Gasteiger charge is 2.30. The van der Waals surface area contributed by atoms with Crippen LogP contribution >= 0.6 is 22.7 Å². The zero-order valence-corrected chi connectivity index (χ0v) is 17.4. The molecule has 1 N–H and O–H groups in total. The zero-order chi connectivity index (χ0) is 21.6. The van der Waals surface area contributed by atoms with Crippen LogP contribution < -0.4 is 10.9 Å². The average molecular weight is 452 g/mol. The highest BCUT2D eigenvalue weighted by atomic mass is 32.1. The average Bonchev–Trinajstić information content (AvgIpc) is 3.37. The number of amides is 1. The number of fused-ring (bicyclic) bond motifs is 1. The molecule has 4 aromatic rings. The Bertz CT molecular complexity index is 1300. The van der Waals surface area contributed by atoms with Crippen molar-refractivity contribution < 1.29 is 18.0 Å². The standard InChI is InChI=1S/C19H15F3N4O2S2/c1-25-13-9-29-14(16(13)17(28)26(25)2)7-15(27)24-18-23-12(8-30-18)10-3-5-11(6-4-10)19(20,21)22/h3-6,8-9H,7H2,1-2H3,(H,23,24,27). The van der Waals surface area contributed by atoms with Crippen LogP contribution in [0, 0.1) is 0 Å². The minimum atomic E-state index is -4.40. The van der Waals surface area contributed by atoms with Gasteiger partial charge in [0.05, 0.1) is 28.6 Å². The number of nitrogens with zero attached hydrogens (tertiary/aromatic N) is 3. The summed E-state index contributed by atoms with van der Waals surface area (Å²) >= 11 is 2.52. The number of hydrogen-bond donors (Lipinski definition) is 1. The lowest BCUT2D eigenvalue weighted by Gasteiger charge is -2.06. The van der Waals surface area contributed by atoms with Crippen LogP contribution in [-0.2, 0) is 31.5 Å². The quantitative estimate of drug-likeness (QED) is 0.503. The molecule has 30 heavy (non-hydrogen) atoms. The molecule has 0 saturated heterocycles. The van der Waals surface area contributed by atoms with E-state index in [2.05, 4.69) is 10.3 Å². The third kappa shape index (κ3) is 3.65. The second-order valence-corrected chi connectivity index (χ2v) is 8.43. The predicted molar refractivity (Wildman–Crippen MR) is 111 cm³/mol. The Hall–Kier alpha value is -2.92. The molecule has 0 aliphatic heterocycles. The van der Waals surface area contributed by atoms with Crippen molar-refractivity contribution in [1.29, 1.82) is 0 Å². The van der Waals surface area contributed by atoms with Crippen LogP contribution in [0.5, 0.6) is 0 Å². The Balaban J connectivity index is 1.48. The van der Waals surface area contributed by atoms with Gasteiger partial charge in [-0.05, 0) is 12.1 Å². The molecule has 3 aromatic heterocycles. The summed E-state index contributed by atoms with van der Waals surface area (Å²) in [5.74, 6) is -0.321. The van der Waals surface area contributed by atoms with Crippen molar-refractivity contribution in [1.82, 2.24) is 14.3 Å². The van der Waals surface area contributed by atoms with Crippen LogP contribution in [0.2, 0.25) is 0 Å². The monoisotopic (exact) mass is 452 g/mol. The molecule has 0 aliphatic carbocycles. The van der Waals surface area contributed by atoms with Crippen molar-refractivity contribution in [2.75, 3.05) is 5.32 Å². The molecule has 3 heterocycles. The summed E-state index contributed by atoms with van der Waals surface area (Å²) in [5.41, 5.74) is 0.876. The van der Waals surface area contributed by atoms with Crippen LogP contribution in [-0.4, -0.2) is 20.3 Å². The van der Waals surface area contributed by atoms with E-state index in [9.17, 15) is 22.8 Å². The number of carbonyl (C=O) groups excluding carboxylic acids is 1. The van der Waals surface area contributed by atoms with Gasteiger partial charge in [-0.1, -0.05) is 12.1 Å². The lowest BCUT2D eigenvalue weighted by molar-refractivity contribution is -0.137. The fourth-order valence-corrected chi connectivity index (χ4v) is 4.83. The molecule has 0 bridgehead atoms. The minimum Gasteiger partial charge on any atom is -0.302 e. The Labute approximate surface area is 176 Å². The topological polar surface area (TPSA) is 68.9 Å². The summed E-state index contributed by atoms with van der Waals surface area (Å²) in [5, 5.41) is 7.06. The Morgan fingerprint density at radius 3 is 2.47 bits per heavy atom. The molecule has 0 spiro atoms. The molecule has 11 heteroatoms. The maximum atomic E-state index is 12.7. The van der Waals surface area contributed by atoms with E-state index in [4.69, 9.17) is 0 Å². The molecule has 0 aliphatic rings. The van der Waals surface area contributed by atoms with Crippen molar-refractivity contribution >= 4 is 44.6 Å². The number of aryl methyl sites for hydroxylation is 1. The van der Waals surface area contributed by atoms with Gasteiger partial charge in [0.15, 0.2) is 5.13 Å². The number of nitrogens with one attached hydrogen (secondary N) is 1. The summed E-state index contributed by atoms with van der Waals surface area (Å²) in [6, 6.07) is 4.68. The summed E-state index contributed by atoms with van der Waals surface area (Å²) in [7, 11) is 3.44. The largest absolute Gasteiger partial charge is 0.416 e. The lowest BCUT2D eigenvalue weighted by atomic mass is 10.1. The summed E-state index contributed by atoms with van der Waals surface area (Å²) in [6.45, 7) is 0. The smallest absolute Gasteiger partial charge is 0.302 e. The molecule has 0 atom stereocenters. The summed E-state index contributed by atoms with van der Waals surface area (Å²) in [6.07, 6.45) is -4.37. The molecule has 1 amide bonds. The number of carbonyl (C=O) groups is 1. The number of benzene rings is 1. The number of aromatic nitrogens is 3. The van der Waals surface area contributed by atoms with E-state index in [1.807, 2.05) is 5.38 Å². The van der Waals surface area contributed by atoms with E-state index < -0.39 is 11.7 Å². The maximum absolute atomic E-state index is 12.7. The van der Waals surface area contributed by atoms with Crippen LogP contribution in [0.25, 0.3) is 22.2 Å². The van der Waals surface area contributed by atoms with Gasteiger partial charge in [0.1, 0.15) is 0 Å². The molecule has 0 saturated carbocycles. The molecular formula is C19H15F3N4O2S2. The molecule has 0 unspecified atom stereocenters. The van der Waals surface area contributed by atoms with Crippen molar-refractivity contribution in [2.24, 2.45) is 14.1 Å². The Morgan fingerprint density at radius 2 is 1.80 bits per heavy atom. The Kier molecular flexibility index (Phi) is 5.02. The van der Waals surface area contributed by atoms with Gasteiger partial charge in [-0.3, -0.25) is 19.0 Å². The van der Waals surface area contributed by atoms with Gasteiger partial charge in [0.2, 0.25) is 5.91 Å². The number of anilines is 1. The van der Waals surface area contributed by atoms with Crippen LogP contribution in [0.15, 0.2) is 39.8 Å². The summed E-state index contributed by atoms with van der Waals surface area (Å²) in [4.78, 5) is 29.8. The van der Waals surface area contributed by atoms with E-state index >= 15 is 0 Å². The van der Waals surface area contributed by atoms with Crippen LogP contribution in [0.4, 0.5) is 18.3 Å². The SMILES string of the molecule is Cn1c(=O)c2c(CC(=O)Nc3nc(-c4ccc(C(F)(F)F)cc4)cs3)scc2n1C. The molecule has 6 nitrogen and oxygen atoms in total. The molecule has 4 rings (SSSR count). The van der Waals surface area contributed by atoms with E-state index in [0.29, 0.717) is 26.7 Å². The van der Waals surface area contributed by atoms with Gasteiger partial charge < -0.3 is 5.32 Å². The first kappa shape index (κ1) is 20.4. The predicted octanol–water partition coefficient (Wildman–Crippen LogP) is 4.26. The molecule has 0 radical (unpaired) electrons. The third-order valence-corrected chi connectivity index (χ3v) is 6.47. The Morgan fingerprint density at radius 1 is 1.10 bits per heavy atom. The van der Waals surface area contributed by atoms with Gasteiger partial charge in [0, 0.05) is 35.3 Å². The highest BCUT2D eigenvalue weighted by Crippen LogP contribution is 2.32. The van der Waals surface area contributed by atoms with E-state index in [0.717, 1.165) is 17.6 Å². The minimum absolute atomic E-state index is 0.0304. The van der Waals surface area contributed by atoms with E-state index in [-0.39, 0.29) is 17.9 Å². The van der Waals surface area contributed by atoms with Gasteiger partial charge in [0.25, 0.3) is 5.56 Å². The van der Waals surface area contributed by atoms with Gasteiger partial charge in [-0.25, -0.2) is 4.98 Å². The molecular weight excluding hydrogens is 437 g/mol. The molecule has 1 aromatic carbocycles. The summed E-state index contributed by atoms with van der Waals surface area (Å²) < 4.78 is 41.3. The highest BCUT2D eigenvalue weighted by molar-refractivity contribution is 7.14. The van der Waals surface area contributed by atoms with Crippen LogP contribution in [0.1, 0.15) is 10.4 Å². The number of hydrogen-bond acceptors (Lipinski definition) is 5. The maximum Gasteiger partial charge on any atom is 0.416 e. The number of alkyl halides is 3. The number of thiazole rings is 1. The zero-order valence-electron chi connectivity index (χ0n) is 15.8. The second-order valence-electron chi connectivity index (χ2n) is 6.61. The van der Waals surface area contributed by atoms with Crippen molar-refractivity contribution in [3.8, 4) is 11.3 Å². The number of rotatable bonds is 4. The van der Waals surface area contributed by atoms with Crippen LogP contribution in [0.3, 0.4) is 0 Å². The van der Waals surface area contributed by atoms with Gasteiger partial charge >= 0.3 is 6.18 Å². The van der Waals surface area contributed by atoms with Crippen molar-refractivity contribution in [3.05, 3.63) is 55.8 Å². The normalized spacial score (nSPS) is 11.9. The molecule has 0 fully saturated rings. The van der Waals surface area contributed by atoms with Gasteiger partial charge in [-0.2, -0.15) is 13.2 Å². The fraction of sp³-hybridized carbons (Fsp3) is 0.211. The van der Waals surface area contributed by atoms with Crippen molar-refractivity contribution in [2.45, 2.75) is 12.6 Å². The van der Waals surface area contributed by atoms with Crippen molar-refractivity contribution in [3.63, 3.8) is 0 Å². The first-order chi connectivity index (χ1) is 14.1.